The van der Waals surface area contributed by atoms with Crippen molar-refractivity contribution in [3.63, 3.8) is 0 Å². The Morgan fingerprint density at radius 3 is 2.71 bits per heavy atom. The van der Waals surface area contributed by atoms with Crippen LogP contribution in [0.1, 0.15) is 11.1 Å². The third-order valence-corrected chi connectivity index (χ3v) is 5.07. The van der Waals surface area contributed by atoms with Crippen molar-refractivity contribution in [1.29, 1.82) is 0 Å². The molecule has 2 heterocycles. The van der Waals surface area contributed by atoms with Gasteiger partial charge in [0.25, 0.3) is 0 Å². The fraction of sp³-hybridized carbons (Fsp3) is 0.286. The molecule has 0 spiro atoms. The Kier molecular flexibility index (Phi) is 5.69. The van der Waals surface area contributed by atoms with Crippen molar-refractivity contribution in [3.8, 4) is 11.5 Å². The molecule has 2 aliphatic rings. The number of piperazine rings is 1. The van der Waals surface area contributed by atoms with Crippen molar-refractivity contribution >= 4 is 23.7 Å². The second-order valence-electron chi connectivity index (χ2n) is 6.79. The molecule has 1 N–H and O–H groups in total. The standard InChI is InChI=1S/C21H22ClN3O3/c22-18-3-1-2-16(12-18)6-7-23-21(26)25-10-8-24(9-11-25)14-17-4-5-19-20(13-17)28-15-27-19/h1-7,12-13H,8-11,14-15H2,(H,23,26)/b7-6+. The SMILES string of the molecule is O=C(N/C=C/c1cccc(Cl)c1)N1CCN(Cc2ccc3c(c2)OCO3)CC1. The lowest BCUT2D eigenvalue weighted by Crippen LogP contribution is -2.50. The van der Waals surface area contributed by atoms with Crippen molar-refractivity contribution < 1.29 is 14.3 Å². The highest BCUT2D eigenvalue weighted by molar-refractivity contribution is 6.30. The molecule has 2 amide bonds. The van der Waals surface area contributed by atoms with Crippen LogP contribution < -0.4 is 14.8 Å². The Hall–Kier alpha value is -2.70. The van der Waals surface area contributed by atoms with Gasteiger partial charge in [-0.25, -0.2) is 4.79 Å². The van der Waals surface area contributed by atoms with Gasteiger partial charge in [-0.1, -0.05) is 29.8 Å². The van der Waals surface area contributed by atoms with Gasteiger partial charge >= 0.3 is 6.03 Å². The van der Waals surface area contributed by atoms with Crippen LogP contribution in [0.4, 0.5) is 4.79 Å². The summed E-state index contributed by atoms with van der Waals surface area (Å²) in [4.78, 5) is 16.5. The second-order valence-corrected chi connectivity index (χ2v) is 7.23. The number of carbonyl (C=O) groups is 1. The average molecular weight is 400 g/mol. The molecular weight excluding hydrogens is 378 g/mol. The molecule has 6 nitrogen and oxygen atoms in total. The van der Waals surface area contributed by atoms with E-state index in [1.165, 1.54) is 5.56 Å². The predicted molar refractivity (Wildman–Crippen MR) is 108 cm³/mol. The molecule has 0 bridgehead atoms. The number of nitrogens with one attached hydrogen (secondary N) is 1. The van der Waals surface area contributed by atoms with Crippen LogP contribution in [0.2, 0.25) is 5.02 Å². The first-order valence-electron chi connectivity index (χ1n) is 9.26. The van der Waals surface area contributed by atoms with Gasteiger partial charge in [0.05, 0.1) is 0 Å². The maximum atomic E-state index is 12.3. The molecule has 2 aromatic carbocycles. The van der Waals surface area contributed by atoms with Crippen LogP contribution in [0.5, 0.6) is 11.5 Å². The van der Waals surface area contributed by atoms with Crippen LogP contribution in [-0.4, -0.2) is 48.8 Å². The van der Waals surface area contributed by atoms with Gasteiger partial charge < -0.3 is 19.7 Å². The zero-order valence-corrected chi connectivity index (χ0v) is 16.2. The summed E-state index contributed by atoms with van der Waals surface area (Å²) in [5.41, 5.74) is 2.13. The number of amides is 2. The number of hydrogen-bond acceptors (Lipinski definition) is 4. The van der Waals surface area contributed by atoms with Crippen LogP contribution in [-0.2, 0) is 6.54 Å². The minimum Gasteiger partial charge on any atom is -0.454 e. The van der Waals surface area contributed by atoms with Crippen LogP contribution in [0.15, 0.2) is 48.7 Å². The largest absolute Gasteiger partial charge is 0.454 e. The fourth-order valence-electron chi connectivity index (χ4n) is 3.32. The summed E-state index contributed by atoms with van der Waals surface area (Å²) in [7, 11) is 0. The number of urea groups is 1. The maximum absolute atomic E-state index is 12.3. The van der Waals surface area contributed by atoms with Gasteiger partial charge in [-0.3, -0.25) is 4.90 Å². The van der Waals surface area contributed by atoms with E-state index in [9.17, 15) is 4.79 Å². The zero-order chi connectivity index (χ0) is 19.3. The minimum atomic E-state index is -0.0824. The molecule has 2 aliphatic heterocycles. The summed E-state index contributed by atoms with van der Waals surface area (Å²) in [6.45, 7) is 4.18. The van der Waals surface area contributed by atoms with Gasteiger partial charge in [0.15, 0.2) is 11.5 Å². The number of ether oxygens (including phenoxy) is 2. The van der Waals surface area contributed by atoms with E-state index in [2.05, 4.69) is 16.3 Å². The van der Waals surface area contributed by atoms with Crippen LogP contribution in [0.25, 0.3) is 6.08 Å². The minimum absolute atomic E-state index is 0.0824. The predicted octanol–water partition coefficient (Wildman–Crippen LogP) is 3.57. The van der Waals surface area contributed by atoms with Crippen molar-refractivity contribution in [3.05, 3.63) is 64.8 Å². The summed E-state index contributed by atoms with van der Waals surface area (Å²) < 4.78 is 10.8. The Balaban J connectivity index is 1.24. The molecule has 0 atom stereocenters. The van der Waals surface area contributed by atoms with Crippen molar-refractivity contribution in [2.24, 2.45) is 0 Å². The van der Waals surface area contributed by atoms with Gasteiger partial charge in [0.2, 0.25) is 6.79 Å². The molecule has 146 valence electrons. The lowest BCUT2D eigenvalue weighted by atomic mass is 10.1. The number of halogens is 1. The second kappa shape index (κ2) is 8.54. The van der Waals surface area contributed by atoms with E-state index < -0.39 is 0 Å². The monoisotopic (exact) mass is 399 g/mol. The summed E-state index contributed by atoms with van der Waals surface area (Å²) in [6.07, 6.45) is 3.49. The summed E-state index contributed by atoms with van der Waals surface area (Å²) >= 11 is 5.96. The Morgan fingerprint density at radius 1 is 1.07 bits per heavy atom. The molecule has 0 aliphatic carbocycles. The normalized spacial score (nSPS) is 16.5. The van der Waals surface area contributed by atoms with Gasteiger partial charge in [0.1, 0.15) is 0 Å². The maximum Gasteiger partial charge on any atom is 0.321 e. The van der Waals surface area contributed by atoms with Crippen molar-refractivity contribution in [2.75, 3.05) is 33.0 Å². The molecule has 28 heavy (non-hydrogen) atoms. The molecule has 0 aromatic heterocycles. The van der Waals surface area contributed by atoms with Crippen LogP contribution in [0, 0.1) is 0 Å². The molecule has 4 rings (SSSR count). The highest BCUT2D eigenvalue weighted by Gasteiger charge is 2.21. The first-order chi connectivity index (χ1) is 13.7. The van der Waals surface area contributed by atoms with E-state index in [-0.39, 0.29) is 6.03 Å². The lowest BCUT2D eigenvalue weighted by Gasteiger charge is -2.34. The van der Waals surface area contributed by atoms with Crippen LogP contribution >= 0.6 is 11.6 Å². The average Bonchev–Trinajstić information content (AvgIpc) is 3.16. The Morgan fingerprint density at radius 2 is 1.89 bits per heavy atom. The highest BCUT2D eigenvalue weighted by atomic mass is 35.5. The van der Waals surface area contributed by atoms with E-state index >= 15 is 0 Å². The number of nitrogens with zero attached hydrogens (tertiary/aromatic N) is 2. The third-order valence-electron chi connectivity index (χ3n) is 4.83. The summed E-state index contributed by atoms with van der Waals surface area (Å²) in [6, 6.07) is 13.4. The smallest absolute Gasteiger partial charge is 0.321 e. The number of fused-ring (bicyclic) bond motifs is 1. The lowest BCUT2D eigenvalue weighted by molar-refractivity contribution is 0.137. The molecule has 0 unspecified atom stereocenters. The van der Waals surface area contributed by atoms with E-state index in [4.69, 9.17) is 21.1 Å². The number of benzene rings is 2. The van der Waals surface area contributed by atoms with Crippen molar-refractivity contribution in [2.45, 2.75) is 6.54 Å². The number of carbonyl (C=O) groups excluding carboxylic acids is 1. The van der Waals surface area contributed by atoms with E-state index in [0.29, 0.717) is 24.9 Å². The zero-order valence-electron chi connectivity index (χ0n) is 15.4. The molecule has 1 saturated heterocycles. The molecular formula is C21H22ClN3O3. The highest BCUT2D eigenvalue weighted by Crippen LogP contribution is 2.32. The van der Waals surface area contributed by atoms with Crippen molar-refractivity contribution in [1.82, 2.24) is 15.1 Å². The first kappa shape index (κ1) is 18.7. The molecule has 2 aromatic rings. The van der Waals surface area contributed by atoms with E-state index in [1.807, 2.05) is 47.4 Å². The van der Waals surface area contributed by atoms with Gasteiger partial charge in [-0.2, -0.15) is 0 Å². The molecule has 0 saturated carbocycles. The quantitative estimate of drug-likeness (QED) is 0.854. The summed E-state index contributed by atoms with van der Waals surface area (Å²) in [5.74, 6) is 1.61. The third kappa shape index (κ3) is 4.58. The van der Waals surface area contributed by atoms with Gasteiger partial charge in [-0.15, -0.1) is 0 Å². The first-order valence-corrected chi connectivity index (χ1v) is 9.64. The molecule has 0 radical (unpaired) electrons. The summed E-state index contributed by atoms with van der Waals surface area (Å²) in [5, 5.41) is 3.50. The van der Waals surface area contributed by atoms with E-state index in [0.717, 1.165) is 36.7 Å². The molecule has 7 heteroatoms. The topological polar surface area (TPSA) is 54.0 Å². The Labute approximate surface area is 169 Å². The number of rotatable bonds is 4. The Bertz CT molecular complexity index is 879. The van der Waals surface area contributed by atoms with Crippen LogP contribution in [0.3, 0.4) is 0 Å². The van der Waals surface area contributed by atoms with Gasteiger partial charge in [0, 0.05) is 43.9 Å². The molecule has 1 fully saturated rings. The number of hydrogen-bond donors (Lipinski definition) is 1. The van der Waals surface area contributed by atoms with Gasteiger partial charge in [-0.05, 0) is 41.5 Å². The van der Waals surface area contributed by atoms with E-state index in [1.54, 1.807) is 6.20 Å². The fourth-order valence-corrected chi connectivity index (χ4v) is 3.52.